The molecule has 0 atom stereocenters. The summed E-state index contributed by atoms with van der Waals surface area (Å²) in [6.45, 7) is 0. The quantitative estimate of drug-likeness (QED) is 0.651. The average molecular weight is 236 g/mol. The fraction of sp³-hybridized carbons (Fsp3) is 0.0667. The van der Waals surface area contributed by atoms with Crippen molar-refractivity contribution in [2.75, 3.05) is 0 Å². The standard InChI is InChI=1S/C15H12N2O/c1-17-13(11-6-3-2-4-7-11)10-14(18)12-8-5-9-16-15(12)17/h2-10H,1H3. The molecule has 0 aliphatic carbocycles. The average Bonchev–Trinajstić information content (AvgIpc) is 2.44. The van der Waals surface area contributed by atoms with Crippen molar-refractivity contribution >= 4 is 11.0 Å². The van der Waals surface area contributed by atoms with Crippen LogP contribution in [0.15, 0.2) is 59.5 Å². The summed E-state index contributed by atoms with van der Waals surface area (Å²) in [5.74, 6) is 0. The molecule has 0 saturated carbocycles. The summed E-state index contributed by atoms with van der Waals surface area (Å²) in [6.07, 6.45) is 1.70. The second-order valence-corrected chi connectivity index (χ2v) is 4.19. The van der Waals surface area contributed by atoms with E-state index < -0.39 is 0 Å². The molecule has 3 heteroatoms. The molecule has 1 aromatic carbocycles. The molecule has 0 N–H and O–H groups in total. The molecule has 0 unspecified atom stereocenters. The summed E-state index contributed by atoms with van der Waals surface area (Å²) in [5, 5.41) is 0.652. The van der Waals surface area contributed by atoms with Crippen LogP contribution in [0.4, 0.5) is 0 Å². The predicted octanol–water partition coefficient (Wildman–Crippen LogP) is 2.60. The van der Waals surface area contributed by atoms with E-state index in [4.69, 9.17) is 0 Å². The van der Waals surface area contributed by atoms with Gasteiger partial charge in [-0.05, 0) is 17.7 Å². The predicted molar refractivity (Wildman–Crippen MR) is 72.4 cm³/mol. The van der Waals surface area contributed by atoms with Gasteiger partial charge in [0.15, 0.2) is 5.43 Å². The lowest BCUT2D eigenvalue weighted by Gasteiger charge is -2.11. The number of hydrogen-bond acceptors (Lipinski definition) is 2. The van der Waals surface area contributed by atoms with Crippen molar-refractivity contribution in [3.63, 3.8) is 0 Å². The molecule has 0 amide bonds. The molecular formula is C15H12N2O. The lowest BCUT2D eigenvalue weighted by atomic mass is 10.1. The normalized spacial score (nSPS) is 10.7. The molecule has 0 spiro atoms. The number of fused-ring (bicyclic) bond motifs is 1. The minimum Gasteiger partial charge on any atom is -0.328 e. The first kappa shape index (κ1) is 10.7. The van der Waals surface area contributed by atoms with Crippen molar-refractivity contribution in [2.24, 2.45) is 7.05 Å². The lowest BCUT2D eigenvalue weighted by molar-refractivity contribution is 0.938. The Morgan fingerprint density at radius 3 is 2.61 bits per heavy atom. The fourth-order valence-electron chi connectivity index (χ4n) is 2.16. The van der Waals surface area contributed by atoms with Gasteiger partial charge in [0.25, 0.3) is 0 Å². The first-order valence-corrected chi connectivity index (χ1v) is 5.77. The molecule has 2 aromatic heterocycles. The molecule has 18 heavy (non-hydrogen) atoms. The molecule has 3 nitrogen and oxygen atoms in total. The number of aryl methyl sites for hydroxylation is 1. The van der Waals surface area contributed by atoms with Gasteiger partial charge in [-0.1, -0.05) is 30.3 Å². The molecule has 3 aromatic rings. The van der Waals surface area contributed by atoms with Gasteiger partial charge in [0.2, 0.25) is 0 Å². The van der Waals surface area contributed by atoms with Gasteiger partial charge in [0.1, 0.15) is 5.65 Å². The monoisotopic (exact) mass is 236 g/mol. The minimum absolute atomic E-state index is 0.00931. The van der Waals surface area contributed by atoms with E-state index in [1.165, 1.54) is 0 Å². The maximum Gasteiger partial charge on any atom is 0.191 e. The highest BCUT2D eigenvalue weighted by Gasteiger charge is 2.08. The van der Waals surface area contributed by atoms with Crippen molar-refractivity contribution in [1.29, 1.82) is 0 Å². The highest BCUT2D eigenvalue weighted by atomic mass is 16.1. The number of hydrogen-bond donors (Lipinski definition) is 0. The molecule has 0 saturated heterocycles. The second-order valence-electron chi connectivity index (χ2n) is 4.19. The van der Waals surface area contributed by atoms with E-state index in [1.54, 1.807) is 24.4 Å². The van der Waals surface area contributed by atoms with Crippen molar-refractivity contribution in [1.82, 2.24) is 9.55 Å². The van der Waals surface area contributed by atoms with E-state index >= 15 is 0 Å². The van der Waals surface area contributed by atoms with Gasteiger partial charge in [-0.2, -0.15) is 0 Å². The molecular weight excluding hydrogens is 224 g/mol. The summed E-state index contributed by atoms with van der Waals surface area (Å²) in [5.41, 5.74) is 2.62. The van der Waals surface area contributed by atoms with Crippen LogP contribution in [0, 0.1) is 0 Å². The number of aromatic nitrogens is 2. The van der Waals surface area contributed by atoms with Crippen molar-refractivity contribution in [2.45, 2.75) is 0 Å². The van der Waals surface area contributed by atoms with Gasteiger partial charge in [0.05, 0.1) is 11.1 Å². The van der Waals surface area contributed by atoms with Crippen LogP contribution in [0.1, 0.15) is 0 Å². The lowest BCUT2D eigenvalue weighted by Crippen LogP contribution is -2.10. The summed E-state index contributed by atoms with van der Waals surface area (Å²) >= 11 is 0. The Kier molecular flexibility index (Phi) is 2.45. The summed E-state index contributed by atoms with van der Waals surface area (Å²) in [6, 6.07) is 15.1. The number of nitrogens with zero attached hydrogens (tertiary/aromatic N) is 2. The smallest absolute Gasteiger partial charge is 0.191 e. The van der Waals surface area contributed by atoms with Crippen LogP contribution < -0.4 is 5.43 Å². The van der Waals surface area contributed by atoms with Crippen molar-refractivity contribution in [3.8, 4) is 11.3 Å². The van der Waals surface area contributed by atoms with E-state index in [9.17, 15) is 4.79 Å². The second kappa shape index (κ2) is 4.11. The zero-order chi connectivity index (χ0) is 12.5. The molecule has 0 fully saturated rings. The molecule has 88 valence electrons. The van der Waals surface area contributed by atoms with E-state index in [1.807, 2.05) is 41.9 Å². The van der Waals surface area contributed by atoms with Gasteiger partial charge >= 0.3 is 0 Å². The van der Waals surface area contributed by atoms with Crippen LogP contribution in [-0.2, 0) is 7.05 Å². The Labute approximate surface area is 104 Å². The van der Waals surface area contributed by atoms with Gasteiger partial charge in [-0.15, -0.1) is 0 Å². The van der Waals surface area contributed by atoms with Crippen LogP contribution in [0.2, 0.25) is 0 Å². The van der Waals surface area contributed by atoms with Crippen molar-refractivity contribution < 1.29 is 0 Å². The molecule has 0 aliphatic rings. The Morgan fingerprint density at radius 1 is 1.06 bits per heavy atom. The Morgan fingerprint density at radius 2 is 1.83 bits per heavy atom. The largest absolute Gasteiger partial charge is 0.328 e. The third kappa shape index (κ3) is 1.61. The van der Waals surface area contributed by atoms with Crippen LogP contribution in [0.3, 0.4) is 0 Å². The number of benzene rings is 1. The van der Waals surface area contributed by atoms with E-state index in [0.717, 1.165) is 11.3 Å². The first-order valence-electron chi connectivity index (χ1n) is 5.77. The van der Waals surface area contributed by atoms with Gasteiger partial charge in [0, 0.05) is 19.3 Å². The van der Waals surface area contributed by atoms with E-state index in [-0.39, 0.29) is 5.43 Å². The molecule has 2 heterocycles. The highest BCUT2D eigenvalue weighted by Crippen LogP contribution is 2.19. The number of pyridine rings is 2. The Hall–Kier alpha value is -2.42. The zero-order valence-corrected chi connectivity index (χ0v) is 10.00. The van der Waals surface area contributed by atoms with Crippen LogP contribution in [0.5, 0.6) is 0 Å². The zero-order valence-electron chi connectivity index (χ0n) is 10.00. The van der Waals surface area contributed by atoms with Gasteiger partial charge in [-0.3, -0.25) is 4.79 Å². The number of rotatable bonds is 1. The molecule has 0 aliphatic heterocycles. The Balaban J connectivity index is 2.39. The van der Waals surface area contributed by atoms with E-state index in [0.29, 0.717) is 11.0 Å². The summed E-state index contributed by atoms with van der Waals surface area (Å²) < 4.78 is 1.95. The first-order chi connectivity index (χ1) is 8.77. The fourth-order valence-corrected chi connectivity index (χ4v) is 2.16. The summed E-state index contributed by atoms with van der Waals surface area (Å²) in [7, 11) is 1.93. The van der Waals surface area contributed by atoms with E-state index in [2.05, 4.69) is 4.98 Å². The van der Waals surface area contributed by atoms with Gasteiger partial charge < -0.3 is 4.57 Å². The third-order valence-electron chi connectivity index (χ3n) is 3.07. The molecule has 0 radical (unpaired) electrons. The maximum absolute atomic E-state index is 12.1. The van der Waals surface area contributed by atoms with Crippen LogP contribution >= 0.6 is 0 Å². The third-order valence-corrected chi connectivity index (χ3v) is 3.07. The summed E-state index contributed by atoms with van der Waals surface area (Å²) in [4.78, 5) is 16.4. The maximum atomic E-state index is 12.1. The van der Waals surface area contributed by atoms with Gasteiger partial charge in [-0.25, -0.2) is 4.98 Å². The topological polar surface area (TPSA) is 34.9 Å². The minimum atomic E-state index is 0.00931. The molecule has 0 bridgehead atoms. The Bertz CT molecular complexity index is 760. The highest BCUT2D eigenvalue weighted by molar-refractivity contribution is 5.78. The SMILES string of the molecule is Cn1c(-c2ccccc2)cc(=O)c2cccnc21. The molecule has 3 rings (SSSR count). The van der Waals surface area contributed by atoms with Crippen molar-refractivity contribution in [3.05, 3.63) is 65.0 Å². The van der Waals surface area contributed by atoms with Crippen LogP contribution in [-0.4, -0.2) is 9.55 Å². The van der Waals surface area contributed by atoms with Crippen LogP contribution in [0.25, 0.3) is 22.3 Å².